The molecular weight excluding hydrogens is 398 g/mol. The summed E-state index contributed by atoms with van der Waals surface area (Å²) >= 11 is 0. The fraction of sp³-hybridized carbons (Fsp3) is 0.0952. The van der Waals surface area contributed by atoms with Crippen LogP contribution in [0.3, 0.4) is 0 Å². The Morgan fingerprint density at radius 3 is 2.55 bits per heavy atom. The Hall–Kier alpha value is -4.49. The molecule has 0 saturated carbocycles. The third kappa shape index (κ3) is 5.75. The molecule has 31 heavy (non-hydrogen) atoms. The van der Waals surface area contributed by atoms with Crippen LogP contribution in [-0.4, -0.2) is 33.5 Å². The van der Waals surface area contributed by atoms with Crippen molar-refractivity contribution in [2.45, 2.75) is 6.54 Å². The Kier molecular flexibility index (Phi) is 6.72. The molecule has 0 unspecified atom stereocenters. The van der Waals surface area contributed by atoms with E-state index in [0.29, 0.717) is 17.9 Å². The van der Waals surface area contributed by atoms with Crippen LogP contribution in [0.5, 0.6) is 0 Å². The van der Waals surface area contributed by atoms with E-state index in [1.165, 1.54) is 18.3 Å². The Morgan fingerprint density at radius 1 is 1.10 bits per heavy atom. The number of anilines is 4. The van der Waals surface area contributed by atoms with Gasteiger partial charge >= 0.3 is 5.97 Å². The summed E-state index contributed by atoms with van der Waals surface area (Å²) in [6, 6.07) is 15.5. The topological polar surface area (TPSA) is 166 Å². The van der Waals surface area contributed by atoms with E-state index in [2.05, 4.69) is 25.9 Å². The van der Waals surface area contributed by atoms with Crippen LogP contribution in [0.4, 0.5) is 23.1 Å². The predicted octanol–water partition coefficient (Wildman–Crippen LogP) is 2.11. The van der Waals surface area contributed by atoms with Crippen molar-refractivity contribution >= 4 is 35.0 Å². The summed E-state index contributed by atoms with van der Waals surface area (Å²) in [5.74, 6) is -0.846. The minimum absolute atomic E-state index is 0.0812. The van der Waals surface area contributed by atoms with Gasteiger partial charge in [-0.15, -0.1) is 0 Å². The number of hydrogen-bond donors (Lipinski definition) is 5. The molecule has 3 rings (SSSR count). The molecule has 0 atom stereocenters. The average Bonchev–Trinajstić information content (AvgIpc) is 2.78. The van der Waals surface area contributed by atoms with Gasteiger partial charge in [0, 0.05) is 17.9 Å². The van der Waals surface area contributed by atoms with Gasteiger partial charge in [0.1, 0.15) is 11.6 Å². The third-order valence-electron chi connectivity index (χ3n) is 4.14. The third-order valence-corrected chi connectivity index (χ3v) is 4.14. The minimum atomic E-state index is -1.06. The zero-order valence-corrected chi connectivity index (χ0v) is 16.3. The number of aromatic carboxylic acids is 1. The van der Waals surface area contributed by atoms with Crippen LogP contribution >= 0.6 is 0 Å². The Morgan fingerprint density at radius 2 is 1.84 bits per heavy atom. The van der Waals surface area contributed by atoms with Gasteiger partial charge in [0.15, 0.2) is 5.82 Å². The van der Waals surface area contributed by atoms with Gasteiger partial charge in [-0.1, -0.05) is 18.2 Å². The summed E-state index contributed by atoms with van der Waals surface area (Å²) in [5.41, 5.74) is 7.60. The van der Waals surface area contributed by atoms with Crippen molar-refractivity contribution in [3.8, 4) is 6.07 Å². The maximum Gasteiger partial charge on any atom is 0.335 e. The van der Waals surface area contributed by atoms with Gasteiger partial charge < -0.3 is 26.8 Å². The van der Waals surface area contributed by atoms with Crippen LogP contribution in [0.1, 0.15) is 21.5 Å². The highest BCUT2D eigenvalue weighted by molar-refractivity contribution is 5.89. The van der Waals surface area contributed by atoms with E-state index >= 15 is 0 Å². The lowest BCUT2D eigenvalue weighted by molar-refractivity contribution is -0.119. The normalized spacial score (nSPS) is 10.1. The van der Waals surface area contributed by atoms with Gasteiger partial charge in [-0.3, -0.25) is 4.79 Å². The first-order chi connectivity index (χ1) is 15.0. The van der Waals surface area contributed by atoms with Crippen molar-refractivity contribution in [1.29, 1.82) is 5.26 Å². The molecule has 3 aromatic rings. The number of rotatable bonds is 8. The summed E-state index contributed by atoms with van der Waals surface area (Å²) in [7, 11) is 0. The van der Waals surface area contributed by atoms with E-state index < -0.39 is 5.97 Å². The van der Waals surface area contributed by atoms with Gasteiger partial charge in [0.25, 0.3) is 0 Å². The number of carbonyl (C=O) groups excluding carboxylic acids is 1. The molecule has 6 N–H and O–H groups in total. The van der Waals surface area contributed by atoms with Crippen LogP contribution in [-0.2, 0) is 11.3 Å². The molecule has 1 heterocycles. The molecule has 0 aliphatic heterocycles. The van der Waals surface area contributed by atoms with Gasteiger partial charge in [0.2, 0.25) is 11.9 Å². The van der Waals surface area contributed by atoms with Crippen LogP contribution in [0.25, 0.3) is 0 Å². The molecule has 0 bridgehead atoms. The van der Waals surface area contributed by atoms with Gasteiger partial charge in [-0.05, 0) is 35.9 Å². The fourth-order valence-corrected chi connectivity index (χ4v) is 2.65. The SMILES string of the molecule is N#Cc1cnc(Nc2cccc(CNC(=O)CN)c2)nc1Nc1cccc(C(=O)O)c1. The number of hydrogen-bond acceptors (Lipinski definition) is 8. The Balaban J connectivity index is 1.79. The van der Waals surface area contributed by atoms with E-state index in [1.807, 2.05) is 24.3 Å². The molecule has 0 saturated heterocycles. The van der Waals surface area contributed by atoms with Crippen LogP contribution in [0.2, 0.25) is 0 Å². The maximum atomic E-state index is 11.3. The molecule has 1 amide bonds. The van der Waals surface area contributed by atoms with E-state index in [1.54, 1.807) is 18.2 Å². The van der Waals surface area contributed by atoms with E-state index in [0.717, 1.165) is 5.56 Å². The minimum Gasteiger partial charge on any atom is -0.478 e. The lowest BCUT2D eigenvalue weighted by Crippen LogP contribution is -2.29. The first-order valence-corrected chi connectivity index (χ1v) is 9.18. The lowest BCUT2D eigenvalue weighted by atomic mass is 10.2. The van der Waals surface area contributed by atoms with Gasteiger partial charge in [0.05, 0.1) is 18.3 Å². The number of benzene rings is 2. The highest BCUT2D eigenvalue weighted by atomic mass is 16.4. The second kappa shape index (κ2) is 9.82. The van der Waals surface area contributed by atoms with Gasteiger partial charge in [-0.25, -0.2) is 9.78 Å². The van der Waals surface area contributed by atoms with Crippen molar-refractivity contribution in [3.05, 3.63) is 71.4 Å². The highest BCUT2D eigenvalue weighted by Crippen LogP contribution is 2.22. The van der Waals surface area contributed by atoms with Crippen molar-refractivity contribution in [1.82, 2.24) is 15.3 Å². The fourth-order valence-electron chi connectivity index (χ4n) is 2.65. The summed E-state index contributed by atoms with van der Waals surface area (Å²) in [5, 5.41) is 27.2. The monoisotopic (exact) mass is 417 g/mol. The molecule has 0 aliphatic rings. The van der Waals surface area contributed by atoms with E-state index in [9.17, 15) is 14.9 Å². The second-order valence-electron chi connectivity index (χ2n) is 6.38. The van der Waals surface area contributed by atoms with Gasteiger partial charge in [-0.2, -0.15) is 10.2 Å². The number of amides is 1. The number of carbonyl (C=O) groups is 2. The largest absolute Gasteiger partial charge is 0.478 e. The van der Waals surface area contributed by atoms with Crippen molar-refractivity contribution in [2.75, 3.05) is 17.2 Å². The number of nitrogens with two attached hydrogens (primary N) is 1. The number of carboxylic acid groups (broad SMARTS) is 1. The smallest absolute Gasteiger partial charge is 0.335 e. The standard InChI is InChI=1S/C21H19N7O3/c22-9-15-12-25-21(27-16-5-1-3-13(7-16)11-24-18(29)10-23)28-19(15)26-17-6-2-4-14(8-17)20(30)31/h1-8,12H,10-11,23H2,(H,24,29)(H,30,31)(H2,25,26,27,28). The summed E-state index contributed by atoms with van der Waals surface area (Å²) < 4.78 is 0. The van der Waals surface area contributed by atoms with Crippen molar-refractivity contribution < 1.29 is 14.7 Å². The van der Waals surface area contributed by atoms with E-state index in [-0.39, 0.29) is 35.3 Å². The highest BCUT2D eigenvalue weighted by Gasteiger charge is 2.10. The summed E-state index contributed by atoms with van der Waals surface area (Å²) in [6.45, 7) is 0.245. The van der Waals surface area contributed by atoms with Crippen molar-refractivity contribution in [2.24, 2.45) is 5.73 Å². The van der Waals surface area contributed by atoms with Crippen LogP contribution in [0, 0.1) is 11.3 Å². The molecule has 10 nitrogen and oxygen atoms in total. The number of nitrogens with zero attached hydrogens (tertiary/aromatic N) is 3. The molecule has 2 aromatic carbocycles. The molecule has 0 fully saturated rings. The zero-order chi connectivity index (χ0) is 22.2. The molecule has 0 aliphatic carbocycles. The number of aromatic nitrogens is 2. The summed E-state index contributed by atoms with van der Waals surface area (Å²) in [4.78, 5) is 31.0. The van der Waals surface area contributed by atoms with Crippen LogP contribution < -0.4 is 21.7 Å². The lowest BCUT2D eigenvalue weighted by Gasteiger charge is -2.11. The zero-order valence-electron chi connectivity index (χ0n) is 16.3. The molecule has 1 aromatic heterocycles. The Labute approximate surface area is 177 Å². The predicted molar refractivity (Wildman–Crippen MR) is 114 cm³/mol. The molecule has 10 heteroatoms. The average molecular weight is 417 g/mol. The van der Waals surface area contributed by atoms with Crippen LogP contribution in [0.15, 0.2) is 54.7 Å². The first-order valence-electron chi connectivity index (χ1n) is 9.18. The number of carboxylic acids is 1. The number of nitrogens with one attached hydrogen (secondary N) is 3. The maximum absolute atomic E-state index is 11.3. The molecular formula is C21H19N7O3. The number of nitriles is 1. The molecule has 0 spiro atoms. The van der Waals surface area contributed by atoms with Crippen molar-refractivity contribution in [3.63, 3.8) is 0 Å². The molecule has 156 valence electrons. The quantitative estimate of drug-likeness (QED) is 0.369. The second-order valence-corrected chi connectivity index (χ2v) is 6.38. The summed E-state index contributed by atoms with van der Waals surface area (Å²) in [6.07, 6.45) is 1.37. The molecule has 0 radical (unpaired) electrons. The first kappa shape index (κ1) is 21.2. The Bertz CT molecular complexity index is 1160. The van der Waals surface area contributed by atoms with E-state index in [4.69, 9.17) is 10.8 Å².